The monoisotopic (exact) mass is 231 g/mol. The fraction of sp³-hybridized carbons (Fsp3) is 0.625. The molecule has 0 radical (unpaired) electrons. The molecule has 0 N–H and O–H groups in total. The van der Waals surface area contributed by atoms with Crippen LogP contribution >= 0.6 is 0 Å². The van der Waals surface area contributed by atoms with Crippen molar-refractivity contribution < 1.29 is 0 Å². The van der Waals surface area contributed by atoms with Crippen molar-refractivity contribution in [1.82, 2.24) is 4.90 Å². The van der Waals surface area contributed by atoms with E-state index < -0.39 is 0 Å². The maximum Gasteiger partial charge on any atom is 0.0230 e. The molecule has 2 rings (SSSR count). The topological polar surface area (TPSA) is 3.24 Å². The Kier molecular flexibility index (Phi) is 3.58. The SMILES string of the molecule is CN(Cc1ccc(C(C)(C)C)cc1)CC1CC1. The third-order valence-corrected chi connectivity index (χ3v) is 3.54. The van der Waals surface area contributed by atoms with Gasteiger partial charge in [-0.3, -0.25) is 0 Å². The van der Waals surface area contributed by atoms with Gasteiger partial charge in [-0.15, -0.1) is 0 Å². The highest BCUT2D eigenvalue weighted by molar-refractivity contribution is 5.27. The van der Waals surface area contributed by atoms with E-state index in [2.05, 4.69) is 57.0 Å². The Hall–Kier alpha value is -0.820. The summed E-state index contributed by atoms with van der Waals surface area (Å²) in [5.74, 6) is 0.980. The molecule has 0 spiro atoms. The number of rotatable bonds is 4. The molecule has 0 amide bonds. The molecule has 1 heteroatoms. The number of nitrogens with zero attached hydrogens (tertiary/aromatic N) is 1. The van der Waals surface area contributed by atoms with Gasteiger partial charge in [0.25, 0.3) is 0 Å². The van der Waals surface area contributed by atoms with E-state index in [1.165, 1.54) is 30.5 Å². The van der Waals surface area contributed by atoms with Crippen LogP contribution in [0.3, 0.4) is 0 Å². The van der Waals surface area contributed by atoms with Crippen molar-refractivity contribution in [2.24, 2.45) is 5.92 Å². The van der Waals surface area contributed by atoms with E-state index in [1.807, 2.05) is 0 Å². The van der Waals surface area contributed by atoms with Gasteiger partial charge in [0.15, 0.2) is 0 Å². The summed E-state index contributed by atoms with van der Waals surface area (Å²) < 4.78 is 0. The first kappa shape index (κ1) is 12.6. The summed E-state index contributed by atoms with van der Waals surface area (Å²) in [5.41, 5.74) is 3.12. The molecule has 1 aromatic rings. The van der Waals surface area contributed by atoms with Crippen molar-refractivity contribution in [1.29, 1.82) is 0 Å². The summed E-state index contributed by atoms with van der Waals surface area (Å²) in [6.45, 7) is 9.14. The molecule has 1 aliphatic carbocycles. The summed E-state index contributed by atoms with van der Waals surface area (Å²) in [6, 6.07) is 9.12. The Morgan fingerprint density at radius 2 is 1.71 bits per heavy atom. The predicted molar refractivity (Wildman–Crippen MR) is 74.2 cm³/mol. The Bertz CT molecular complexity index is 354. The maximum absolute atomic E-state index is 2.45. The lowest BCUT2D eigenvalue weighted by Crippen LogP contribution is -2.20. The molecule has 1 aromatic carbocycles. The minimum atomic E-state index is 0.262. The predicted octanol–water partition coefficient (Wildman–Crippen LogP) is 3.83. The van der Waals surface area contributed by atoms with E-state index in [0.717, 1.165) is 12.5 Å². The summed E-state index contributed by atoms with van der Waals surface area (Å²) in [5, 5.41) is 0. The summed E-state index contributed by atoms with van der Waals surface area (Å²) >= 11 is 0. The van der Waals surface area contributed by atoms with E-state index in [-0.39, 0.29) is 5.41 Å². The molecule has 0 saturated heterocycles. The van der Waals surface area contributed by atoms with Crippen molar-refractivity contribution in [3.8, 4) is 0 Å². The second kappa shape index (κ2) is 4.81. The van der Waals surface area contributed by atoms with Crippen LogP contribution in [-0.2, 0) is 12.0 Å². The molecule has 0 bridgehead atoms. The van der Waals surface area contributed by atoms with Crippen LogP contribution in [0, 0.1) is 5.92 Å². The van der Waals surface area contributed by atoms with Gasteiger partial charge in [0, 0.05) is 13.1 Å². The van der Waals surface area contributed by atoms with E-state index in [4.69, 9.17) is 0 Å². The van der Waals surface area contributed by atoms with Gasteiger partial charge >= 0.3 is 0 Å². The fourth-order valence-electron chi connectivity index (χ4n) is 2.23. The zero-order valence-electron chi connectivity index (χ0n) is 11.7. The minimum absolute atomic E-state index is 0.262. The van der Waals surface area contributed by atoms with Crippen LogP contribution in [0.15, 0.2) is 24.3 Å². The Morgan fingerprint density at radius 1 is 1.12 bits per heavy atom. The van der Waals surface area contributed by atoms with Gasteiger partial charge in [0.1, 0.15) is 0 Å². The number of hydrogen-bond acceptors (Lipinski definition) is 1. The van der Waals surface area contributed by atoms with Crippen LogP contribution in [0.4, 0.5) is 0 Å². The maximum atomic E-state index is 2.45. The van der Waals surface area contributed by atoms with Crippen LogP contribution in [0.2, 0.25) is 0 Å². The third kappa shape index (κ3) is 3.85. The normalized spacial score (nSPS) is 16.5. The average molecular weight is 231 g/mol. The second-order valence-corrected chi connectivity index (χ2v) is 6.59. The largest absolute Gasteiger partial charge is 0.302 e. The molecule has 0 aromatic heterocycles. The van der Waals surface area contributed by atoms with Crippen LogP contribution in [0.25, 0.3) is 0 Å². The van der Waals surface area contributed by atoms with Gasteiger partial charge in [-0.25, -0.2) is 0 Å². The lowest BCUT2D eigenvalue weighted by molar-refractivity contribution is 0.313. The molecule has 0 atom stereocenters. The first-order chi connectivity index (χ1) is 7.95. The third-order valence-electron chi connectivity index (χ3n) is 3.54. The van der Waals surface area contributed by atoms with Gasteiger partial charge in [0.05, 0.1) is 0 Å². The minimum Gasteiger partial charge on any atom is -0.302 e. The van der Waals surface area contributed by atoms with Crippen LogP contribution < -0.4 is 0 Å². The second-order valence-electron chi connectivity index (χ2n) is 6.59. The van der Waals surface area contributed by atoms with Crippen molar-refractivity contribution >= 4 is 0 Å². The highest BCUT2D eigenvalue weighted by Crippen LogP contribution is 2.29. The first-order valence-electron chi connectivity index (χ1n) is 6.73. The van der Waals surface area contributed by atoms with Crippen molar-refractivity contribution in [3.05, 3.63) is 35.4 Å². The number of hydrogen-bond donors (Lipinski definition) is 0. The molecule has 0 heterocycles. The molecule has 0 unspecified atom stereocenters. The van der Waals surface area contributed by atoms with E-state index in [9.17, 15) is 0 Å². The number of benzene rings is 1. The van der Waals surface area contributed by atoms with E-state index >= 15 is 0 Å². The molecule has 94 valence electrons. The van der Waals surface area contributed by atoms with Gasteiger partial charge in [0.2, 0.25) is 0 Å². The van der Waals surface area contributed by atoms with E-state index in [0.29, 0.717) is 0 Å². The molecule has 0 aliphatic heterocycles. The summed E-state index contributed by atoms with van der Waals surface area (Å²) in [6.07, 6.45) is 2.88. The molecule has 1 nitrogen and oxygen atoms in total. The molecule has 1 saturated carbocycles. The smallest absolute Gasteiger partial charge is 0.0230 e. The highest BCUT2D eigenvalue weighted by atomic mass is 15.1. The van der Waals surface area contributed by atoms with Gasteiger partial charge in [-0.05, 0) is 42.3 Å². The van der Waals surface area contributed by atoms with Crippen molar-refractivity contribution in [2.45, 2.75) is 45.6 Å². The van der Waals surface area contributed by atoms with Crippen LogP contribution in [-0.4, -0.2) is 18.5 Å². The van der Waals surface area contributed by atoms with Gasteiger partial charge < -0.3 is 4.90 Å². The highest BCUT2D eigenvalue weighted by Gasteiger charge is 2.22. The molecular weight excluding hydrogens is 206 g/mol. The average Bonchev–Trinajstić information content (AvgIpc) is 3.01. The molecule has 17 heavy (non-hydrogen) atoms. The lowest BCUT2D eigenvalue weighted by atomic mass is 9.87. The van der Waals surface area contributed by atoms with Gasteiger partial charge in [-0.1, -0.05) is 45.0 Å². The van der Waals surface area contributed by atoms with Gasteiger partial charge in [-0.2, -0.15) is 0 Å². The summed E-state index contributed by atoms with van der Waals surface area (Å²) in [4.78, 5) is 2.45. The standard InChI is InChI=1S/C16H25N/c1-16(2,3)15-9-7-14(8-10-15)12-17(4)11-13-5-6-13/h7-10,13H,5-6,11-12H2,1-4H3. The zero-order valence-corrected chi connectivity index (χ0v) is 11.7. The van der Waals surface area contributed by atoms with Crippen molar-refractivity contribution in [3.63, 3.8) is 0 Å². The first-order valence-corrected chi connectivity index (χ1v) is 6.73. The van der Waals surface area contributed by atoms with Crippen LogP contribution in [0.5, 0.6) is 0 Å². The van der Waals surface area contributed by atoms with E-state index in [1.54, 1.807) is 0 Å². The van der Waals surface area contributed by atoms with Crippen LogP contribution in [0.1, 0.15) is 44.7 Å². The lowest BCUT2D eigenvalue weighted by Gasteiger charge is -2.20. The quantitative estimate of drug-likeness (QED) is 0.761. The Labute approximate surface area is 106 Å². The molecular formula is C16H25N. The van der Waals surface area contributed by atoms with Crippen molar-refractivity contribution in [2.75, 3.05) is 13.6 Å². The Balaban J connectivity index is 1.92. The fourth-order valence-corrected chi connectivity index (χ4v) is 2.23. The summed E-state index contributed by atoms with van der Waals surface area (Å²) in [7, 11) is 2.23. The Morgan fingerprint density at radius 3 is 2.18 bits per heavy atom. The molecule has 1 fully saturated rings. The zero-order chi connectivity index (χ0) is 12.5. The molecule has 1 aliphatic rings.